The minimum absolute atomic E-state index is 0.0878. The molecule has 0 radical (unpaired) electrons. The van der Waals surface area contributed by atoms with E-state index in [1.807, 2.05) is 18.2 Å². The van der Waals surface area contributed by atoms with E-state index in [4.69, 9.17) is 30.5 Å². The SMILES string of the molecule is C=CCOC(=O)C1(Cl)OC12CCC(C#N)(c1ccc(OC)c(OC3CCCC3)c1)CC2. The summed E-state index contributed by atoms with van der Waals surface area (Å²) in [6.07, 6.45) is 8.16. The highest BCUT2D eigenvalue weighted by atomic mass is 35.5. The molecule has 2 saturated carbocycles. The summed E-state index contributed by atoms with van der Waals surface area (Å²) in [6.45, 7) is 3.63. The van der Waals surface area contributed by atoms with Gasteiger partial charge in [-0.15, -0.1) is 0 Å². The molecular weight excluding hydrogens is 418 g/mol. The van der Waals surface area contributed by atoms with Crippen LogP contribution >= 0.6 is 11.6 Å². The number of nitrogens with zero attached hydrogens (tertiary/aromatic N) is 1. The van der Waals surface area contributed by atoms with Crippen LogP contribution in [0.2, 0.25) is 0 Å². The van der Waals surface area contributed by atoms with Crippen molar-refractivity contribution in [2.24, 2.45) is 0 Å². The van der Waals surface area contributed by atoms with Gasteiger partial charge in [0.25, 0.3) is 5.06 Å². The molecule has 3 aliphatic rings. The second-order valence-corrected chi connectivity index (χ2v) is 9.19. The van der Waals surface area contributed by atoms with Crippen LogP contribution in [0.5, 0.6) is 11.5 Å². The number of hydrogen-bond donors (Lipinski definition) is 0. The Labute approximate surface area is 188 Å². The maximum Gasteiger partial charge on any atom is 0.357 e. The largest absolute Gasteiger partial charge is 0.493 e. The second-order valence-electron chi connectivity index (χ2n) is 8.66. The highest BCUT2D eigenvalue weighted by Crippen LogP contribution is 2.62. The summed E-state index contributed by atoms with van der Waals surface area (Å²) in [4.78, 5) is 12.3. The van der Waals surface area contributed by atoms with Gasteiger partial charge in [0, 0.05) is 0 Å². The van der Waals surface area contributed by atoms with Crippen molar-refractivity contribution in [3.63, 3.8) is 0 Å². The van der Waals surface area contributed by atoms with Crippen LogP contribution in [0.4, 0.5) is 0 Å². The zero-order valence-corrected chi connectivity index (χ0v) is 18.6. The highest BCUT2D eigenvalue weighted by molar-refractivity contribution is 6.36. The monoisotopic (exact) mass is 445 g/mol. The first kappa shape index (κ1) is 22.0. The molecule has 31 heavy (non-hydrogen) atoms. The van der Waals surface area contributed by atoms with Crippen molar-refractivity contribution in [2.75, 3.05) is 13.7 Å². The number of ether oxygens (including phenoxy) is 4. The predicted octanol–water partition coefficient (Wildman–Crippen LogP) is 4.79. The van der Waals surface area contributed by atoms with Crippen molar-refractivity contribution in [1.82, 2.24) is 0 Å². The average molecular weight is 446 g/mol. The summed E-state index contributed by atoms with van der Waals surface area (Å²) in [6, 6.07) is 8.27. The van der Waals surface area contributed by atoms with Crippen LogP contribution in [-0.2, 0) is 19.7 Å². The number of hydrogen-bond acceptors (Lipinski definition) is 6. The van der Waals surface area contributed by atoms with Crippen LogP contribution in [0.15, 0.2) is 30.9 Å². The number of esters is 1. The molecule has 1 saturated heterocycles. The lowest BCUT2D eigenvalue weighted by Crippen LogP contribution is -2.39. The second kappa shape index (κ2) is 8.37. The molecule has 1 unspecified atom stereocenters. The molecule has 0 amide bonds. The summed E-state index contributed by atoms with van der Waals surface area (Å²) in [5.41, 5.74) is -0.572. The Morgan fingerprint density at radius 2 is 2.00 bits per heavy atom. The quantitative estimate of drug-likeness (QED) is 0.260. The smallest absolute Gasteiger partial charge is 0.357 e. The third-order valence-electron chi connectivity index (χ3n) is 6.91. The first-order chi connectivity index (χ1) is 14.9. The van der Waals surface area contributed by atoms with Crippen LogP contribution in [-0.4, -0.2) is 36.5 Å². The molecule has 1 spiro atoms. The van der Waals surface area contributed by atoms with Gasteiger partial charge in [-0.2, -0.15) is 5.26 Å². The molecule has 1 heterocycles. The van der Waals surface area contributed by atoms with Gasteiger partial charge in [-0.3, -0.25) is 0 Å². The number of alkyl halides is 1. The Morgan fingerprint density at radius 1 is 1.29 bits per heavy atom. The highest BCUT2D eigenvalue weighted by Gasteiger charge is 2.76. The fraction of sp³-hybridized carbons (Fsp3) is 0.583. The number of methoxy groups -OCH3 is 1. The van der Waals surface area contributed by atoms with Crippen molar-refractivity contribution in [1.29, 1.82) is 5.26 Å². The molecule has 166 valence electrons. The third kappa shape index (κ3) is 3.79. The number of carbonyl (C=O) groups is 1. The van der Waals surface area contributed by atoms with E-state index in [1.54, 1.807) is 7.11 Å². The Bertz CT molecular complexity index is 896. The molecule has 0 bridgehead atoms. The van der Waals surface area contributed by atoms with E-state index in [9.17, 15) is 10.1 Å². The van der Waals surface area contributed by atoms with E-state index in [-0.39, 0.29) is 12.7 Å². The molecule has 1 aromatic rings. The number of nitriles is 1. The fourth-order valence-electron chi connectivity index (χ4n) is 4.92. The van der Waals surface area contributed by atoms with E-state index >= 15 is 0 Å². The van der Waals surface area contributed by atoms with Crippen LogP contribution in [0.3, 0.4) is 0 Å². The van der Waals surface area contributed by atoms with Gasteiger partial charge in [-0.25, -0.2) is 4.79 Å². The Hall–Kier alpha value is -2.23. The van der Waals surface area contributed by atoms with E-state index in [0.717, 1.165) is 18.4 Å². The van der Waals surface area contributed by atoms with Gasteiger partial charge < -0.3 is 18.9 Å². The molecule has 6 nitrogen and oxygen atoms in total. The summed E-state index contributed by atoms with van der Waals surface area (Å²) in [5, 5.41) is 8.68. The minimum Gasteiger partial charge on any atom is -0.493 e. The van der Waals surface area contributed by atoms with E-state index < -0.39 is 22.0 Å². The molecule has 1 atom stereocenters. The molecule has 4 rings (SSSR count). The lowest BCUT2D eigenvalue weighted by Gasteiger charge is -2.35. The van der Waals surface area contributed by atoms with Gasteiger partial charge in [-0.05, 0) is 69.1 Å². The van der Waals surface area contributed by atoms with E-state index in [1.165, 1.54) is 18.9 Å². The van der Waals surface area contributed by atoms with Crippen LogP contribution in [0.1, 0.15) is 56.9 Å². The fourth-order valence-corrected chi connectivity index (χ4v) is 5.31. The number of halogens is 1. The topological polar surface area (TPSA) is 81.1 Å². The van der Waals surface area contributed by atoms with Crippen LogP contribution in [0, 0.1) is 11.3 Å². The van der Waals surface area contributed by atoms with Crippen molar-refractivity contribution in [2.45, 2.75) is 73.5 Å². The molecule has 0 N–H and O–H groups in total. The molecular formula is C24H28ClNO5. The normalized spacial score (nSPS) is 32.3. The Balaban J connectivity index is 1.51. The van der Waals surface area contributed by atoms with E-state index in [2.05, 4.69) is 12.6 Å². The van der Waals surface area contributed by atoms with Gasteiger partial charge in [0.2, 0.25) is 0 Å². The summed E-state index contributed by atoms with van der Waals surface area (Å²) < 4.78 is 22.5. The van der Waals surface area contributed by atoms with Crippen LogP contribution in [0.25, 0.3) is 0 Å². The molecule has 0 aromatic heterocycles. The van der Waals surface area contributed by atoms with Crippen LogP contribution < -0.4 is 9.47 Å². The van der Waals surface area contributed by atoms with Crippen molar-refractivity contribution in [3.05, 3.63) is 36.4 Å². The van der Waals surface area contributed by atoms with Crippen molar-refractivity contribution in [3.8, 4) is 17.6 Å². The maximum absolute atomic E-state index is 12.3. The van der Waals surface area contributed by atoms with E-state index in [0.29, 0.717) is 37.2 Å². The van der Waals surface area contributed by atoms with Gasteiger partial charge in [0.1, 0.15) is 12.2 Å². The summed E-state index contributed by atoms with van der Waals surface area (Å²) in [5.74, 6) is 0.769. The zero-order chi connectivity index (χ0) is 22.1. The Morgan fingerprint density at radius 3 is 2.61 bits per heavy atom. The Kier molecular flexibility index (Phi) is 5.93. The lowest BCUT2D eigenvalue weighted by molar-refractivity contribution is -0.145. The summed E-state index contributed by atoms with van der Waals surface area (Å²) in [7, 11) is 1.62. The molecule has 2 aliphatic carbocycles. The third-order valence-corrected chi connectivity index (χ3v) is 7.49. The first-order valence-electron chi connectivity index (χ1n) is 10.9. The number of epoxide rings is 1. The number of carbonyl (C=O) groups excluding carboxylic acids is 1. The molecule has 7 heteroatoms. The number of rotatable bonds is 7. The molecule has 1 aromatic carbocycles. The molecule has 3 fully saturated rings. The average Bonchev–Trinajstić information content (AvgIpc) is 3.12. The first-order valence-corrected chi connectivity index (χ1v) is 11.2. The predicted molar refractivity (Wildman–Crippen MR) is 115 cm³/mol. The molecule has 1 aliphatic heterocycles. The zero-order valence-electron chi connectivity index (χ0n) is 17.8. The van der Waals surface area contributed by atoms with Crippen molar-refractivity contribution >= 4 is 17.6 Å². The minimum atomic E-state index is -1.46. The van der Waals surface area contributed by atoms with Gasteiger partial charge >= 0.3 is 5.97 Å². The number of benzene rings is 1. The standard InChI is InChI=1S/C24H28ClNO5/c1-3-14-29-21(27)24(25)23(31-24)12-10-22(16-26,11-13-23)17-8-9-19(28-2)20(15-17)30-18-6-4-5-7-18/h3,8-9,15,18H,1,4-7,10-14H2,2H3. The lowest BCUT2D eigenvalue weighted by atomic mass is 9.66. The van der Waals surface area contributed by atoms with Gasteiger partial charge in [0.15, 0.2) is 11.5 Å². The van der Waals surface area contributed by atoms with Gasteiger partial charge in [0.05, 0.1) is 24.7 Å². The van der Waals surface area contributed by atoms with Crippen molar-refractivity contribution < 1.29 is 23.7 Å². The summed E-state index contributed by atoms with van der Waals surface area (Å²) >= 11 is 6.46. The van der Waals surface area contributed by atoms with Gasteiger partial charge in [-0.1, -0.05) is 30.3 Å². The maximum atomic E-state index is 12.3.